The van der Waals surface area contributed by atoms with Crippen molar-refractivity contribution in [3.05, 3.63) is 0 Å². The van der Waals surface area contributed by atoms with E-state index in [9.17, 15) is 13.2 Å². The van der Waals surface area contributed by atoms with Crippen LogP contribution in [0.5, 0.6) is 0 Å². The molecule has 1 saturated heterocycles. The lowest BCUT2D eigenvalue weighted by atomic mass is 10.2. The van der Waals surface area contributed by atoms with Crippen LogP contribution in [0.3, 0.4) is 0 Å². The SMILES string of the molecule is CCS(=O)(=O)C1CN(C(C)=O)C1. The second-order valence-electron chi connectivity index (χ2n) is 3.00. The highest BCUT2D eigenvalue weighted by Crippen LogP contribution is 2.16. The van der Waals surface area contributed by atoms with Gasteiger partial charge < -0.3 is 4.90 Å². The topological polar surface area (TPSA) is 54.5 Å². The zero-order chi connectivity index (χ0) is 9.35. The Morgan fingerprint density at radius 3 is 2.33 bits per heavy atom. The van der Waals surface area contributed by atoms with Crippen LogP contribution in [0.1, 0.15) is 13.8 Å². The predicted octanol–water partition coefficient (Wildman–Crippen LogP) is -0.348. The minimum atomic E-state index is -2.92. The first-order chi connectivity index (χ1) is 5.47. The third-order valence-corrected chi connectivity index (χ3v) is 4.32. The maximum absolute atomic E-state index is 11.2. The Morgan fingerprint density at radius 1 is 1.50 bits per heavy atom. The highest BCUT2D eigenvalue weighted by Gasteiger charge is 2.37. The molecule has 70 valence electrons. The molecule has 0 unspecified atom stereocenters. The zero-order valence-corrected chi connectivity index (χ0v) is 8.10. The first kappa shape index (κ1) is 9.51. The Balaban J connectivity index is 2.50. The maximum Gasteiger partial charge on any atom is 0.219 e. The van der Waals surface area contributed by atoms with E-state index in [-0.39, 0.29) is 16.9 Å². The lowest BCUT2D eigenvalue weighted by Crippen LogP contribution is -2.56. The summed E-state index contributed by atoms with van der Waals surface area (Å²) in [6.45, 7) is 3.84. The van der Waals surface area contributed by atoms with Gasteiger partial charge in [-0.1, -0.05) is 6.92 Å². The summed E-state index contributed by atoms with van der Waals surface area (Å²) in [4.78, 5) is 12.3. The number of nitrogens with zero attached hydrogens (tertiary/aromatic N) is 1. The van der Waals surface area contributed by atoms with Gasteiger partial charge in [0.15, 0.2) is 9.84 Å². The van der Waals surface area contributed by atoms with E-state index in [1.807, 2.05) is 0 Å². The Morgan fingerprint density at radius 2 is 2.00 bits per heavy atom. The van der Waals surface area contributed by atoms with Crippen LogP contribution < -0.4 is 0 Å². The van der Waals surface area contributed by atoms with Gasteiger partial charge in [-0.15, -0.1) is 0 Å². The highest BCUT2D eigenvalue weighted by molar-refractivity contribution is 7.92. The number of hydrogen-bond donors (Lipinski definition) is 0. The number of carbonyl (C=O) groups excluding carboxylic acids is 1. The van der Waals surface area contributed by atoms with Crippen LogP contribution in [0.2, 0.25) is 0 Å². The lowest BCUT2D eigenvalue weighted by Gasteiger charge is -2.37. The van der Waals surface area contributed by atoms with Crippen LogP contribution in [0.15, 0.2) is 0 Å². The first-order valence-corrected chi connectivity index (χ1v) is 5.66. The molecule has 0 atom stereocenters. The summed E-state index contributed by atoms with van der Waals surface area (Å²) in [5, 5.41) is -0.314. The molecule has 0 aromatic carbocycles. The molecular formula is C7H13NO3S. The average molecular weight is 191 g/mol. The zero-order valence-electron chi connectivity index (χ0n) is 7.28. The van der Waals surface area contributed by atoms with E-state index in [1.165, 1.54) is 11.8 Å². The number of carbonyl (C=O) groups is 1. The normalized spacial score (nSPS) is 19.0. The summed E-state index contributed by atoms with van der Waals surface area (Å²) in [5.41, 5.74) is 0. The van der Waals surface area contributed by atoms with Crippen molar-refractivity contribution >= 4 is 15.7 Å². The van der Waals surface area contributed by atoms with Gasteiger partial charge in [0.05, 0.1) is 5.25 Å². The molecule has 1 fully saturated rings. The van der Waals surface area contributed by atoms with Gasteiger partial charge in [-0.3, -0.25) is 4.79 Å². The second-order valence-corrected chi connectivity index (χ2v) is 5.57. The van der Waals surface area contributed by atoms with Gasteiger partial charge in [0.2, 0.25) is 5.91 Å². The first-order valence-electron chi connectivity index (χ1n) is 3.94. The number of amides is 1. The molecule has 0 bridgehead atoms. The third-order valence-electron chi connectivity index (χ3n) is 2.20. The van der Waals surface area contributed by atoms with Gasteiger partial charge in [-0.2, -0.15) is 0 Å². The molecular weight excluding hydrogens is 178 g/mol. The van der Waals surface area contributed by atoms with Crippen molar-refractivity contribution in [3.8, 4) is 0 Å². The van der Waals surface area contributed by atoms with Crippen LogP contribution in [0.25, 0.3) is 0 Å². The quantitative estimate of drug-likeness (QED) is 0.599. The Labute approximate surface area is 72.5 Å². The van der Waals surface area contributed by atoms with Crippen LogP contribution in [-0.2, 0) is 14.6 Å². The largest absolute Gasteiger partial charge is 0.340 e. The van der Waals surface area contributed by atoms with E-state index in [1.54, 1.807) is 6.92 Å². The maximum atomic E-state index is 11.2. The summed E-state index contributed by atoms with van der Waals surface area (Å²) >= 11 is 0. The van der Waals surface area contributed by atoms with E-state index >= 15 is 0 Å². The molecule has 0 radical (unpaired) electrons. The molecule has 1 aliphatic heterocycles. The fourth-order valence-electron chi connectivity index (χ4n) is 1.16. The molecule has 1 heterocycles. The summed E-state index contributed by atoms with van der Waals surface area (Å²) < 4.78 is 22.4. The fourth-order valence-corrected chi connectivity index (χ4v) is 2.44. The van der Waals surface area contributed by atoms with Gasteiger partial charge in [-0.05, 0) is 0 Å². The highest BCUT2D eigenvalue weighted by atomic mass is 32.2. The van der Waals surface area contributed by atoms with Gasteiger partial charge in [0.25, 0.3) is 0 Å². The minimum absolute atomic E-state index is 0.0439. The molecule has 12 heavy (non-hydrogen) atoms. The van der Waals surface area contributed by atoms with Gasteiger partial charge in [0, 0.05) is 25.8 Å². The van der Waals surface area contributed by atoms with E-state index in [0.717, 1.165) is 0 Å². The van der Waals surface area contributed by atoms with Crippen LogP contribution in [-0.4, -0.2) is 43.3 Å². The third kappa shape index (κ3) is 1.60. The van der Waals surface area contributed by atoms with E-state index in [0.29, 0.717) is 13.1 Å². The smallest absolute Gasteiger partial charge is 0.219 e. The summed E-state index contributed by atoms with van der Waals surface area (Å²) in [6, 6.07) is 0. The molecule has 0 aromatic rings. The van der Waals surface area contributed by atoms with Crippen molar-refractivity contribution in [1.29, 1.82) is 0 Å². The van der Waals surface area contributed by atoms with Crippen LogP contribution in [0.4, 0.5) is 0 Å². The van der Waals surface area contributed by atoms with E-state index < -0.39 is 9.84 Å². The summed E-state index contributed by atoms with van der Waals surface area (Å²) in [6.07, 6.45) is 0. The van der Waals surface area contributed by atoms with Gasteiger partial charge in [0.1, 0.15) is 0 Å². The van der Waals surface area contributed by atoms with E-state index in [4.69, 9.17) is 0 Å². The fraction of sp³-hybridized carbons (Fsp3) is 0.857. The van der Waals surface area contributed by atoms with Gasteiger partial charge >= 0.3 is 0 Å². The molecule has 0 spiro atoms. The molecule has 5 heteroatoms. The van der Waals surface area contributed by atoms with Crippen molar-refractivity contribution in [2.24, 2.45) is 0 Å². The molecule has 4 nitrogen and oxygen atoms in total. The minimum Gasteiger partial charge on any atom is -0.340 e. The molecule has 0 saturated carbocycles. The molecule has 0 aromatic heterocycles. The standard InChI is InChI=1S/C7H13NO3S/c1-3-12(10,11)7-4-8(5-7)6(2)9/h7H,3-5H2,1-2H3. The summed E-state index contributed by atoms with van der Waals surface area (Å²) in [7, 11) is -2.92. The van der Waals surface area contributed by atoms with Crippen molar-refractivity contribution < 1.29 is 13.2 Å². The number of likely N-dealkylation sites (tertiary alicyclic amines) is 1. The predicted molar refractivity (Wildman–Crippen MR) is 45.5 cm³/mol. The Hall–Kier alpha value is -0.580. The Bertz CT molecular complexity index is 277. The van der Waals surface area contributed by atoms with Crippen LogP contribution in [0, 0.1) is 0 Å². The molecule has 0 N–H and O–H groups in total. The van der Waals surface area contributed by atoms with Crippen LogP contribution >= 0.6 is 0 Å². The number of sulfone groups is 1. The second kappa shape index (κ2) is 3.05. The monoisotopic (exact) mass is 191 g/mol. The number of rotatable bonds is 2. The molecule has 0 aliphatic carbocycles. The molecule has 1 aliphatic rings. The average Bonchev–Trinajstić information content (AvgIpc) is 1.82. The van der Waals surface area contributed by atoms with E-state index in [2.05, 4.69) is 0 Å². The van der Waals surface area contributed by atoms with Crippen molar-refractivity contribution in [1.82, 2.24) is 4.90 Å². The van der Waals surface area contributed by atoms with Gasteiger partial charge in [-0.25, -0.2) is 8.42 Å². The van der Waals surface area contributed by atoms with Crippen molar-refractivity contribution in [3.63, 3.8) is 0 Å². The lowest BCUT2D eigenvalue weighted by molar-refractivity contribution is -0.131. The van der Waals surface area contributed by atoms with Crippen molar-refractivity contribution in [2.45, 2.75) is 19.1 Å². The molecule has 1 rings (SSSR count). The number of hydrogen-bond acceptors (Lipinski definition) is 3. The Kier molecular flexibility index (Phi) is 2.41. The molecule has 1 amide bonds. The summed E-state index contributed by atoms with van der Waals surface area (Å²) in [5.74, 6) is 0.126. The van der Waals surface area contributed by atoms with Crippen molar-refractivity contribution in [2.75, 3.05) is 18.8 Å².